The van der Waals surface area contributed by atoms with Gasteiger partial charge in [-0.15, -0.1) is 0 Å². The van der Waals surface area contributed by atoms with Gasteiger partial charge in [-0.25, -0.2) is 10.4 Å². The number of nitrogens with zero attached hydrogens (tertiary/aromatic N) is 1. The molecule has 0 saturated heterocycles. The fourth-order valence-corrected chi connectivity index (χ4v) is 1.64. The van der Waals surface area contributed by atoms with E-state index in [0.717, 1.165) is 5.56 Å². The minimum absolute atomic E-state index is 0.0133. The number of phenolic OH excluding ortho intramolecular Hbond substituents is 2. The quantitative estimate of drug-likeness (QED) is 0.347. The molecule has 6 nitrogen and oxygen atoms in total. The highest BCUT2D eigenvalue weighted by atomic mass is 16.3. The molecule has 6 heteroatoms. The van der Waals surface area contributed by atoms with Crippen LogP contribution in [-0.2, 0) is 0 Å². The molecule has 18 heavy (non-hydrogen) atoms. The smallest absolute Gasteiger partial charge is 0.157 e. The molecule has 1 aromatic rings. The Labute approximate surface area is 106 Å². The van der Waals surface area contributed by atoms with Gasteiger partial charge < -0.3 is 20.4 Å². The maximum Gasteiger partial charge on any atom is 0.157 e. The van der Waals surface area contributed by atoms with Gasteiger partial charge in [0.05, 0.1) is 13.2 Å². The van der Waals surface area contributed by atoms with Crippen LogP contribution in [0.15, 0.2) is 18.2 Å². The maximum absolute atomic E-state index is 9.42. The third kappa shape index (κ3) is 4.15. The number of hydrogen-bond donors (Lipinski definition) is 5. The molecule has 1 rings (SSSR count). The van der Waals surface area contributed by atoms with Crippen LogP contribution < -0.4 is 5.43 Å². The Hall–Kier alpha value is -1.34. The van der Waals surface area contributed by atoms with Crippen molar-refractivity contribution in [2.24, 2.45) is 0 Å². The number of benzene rings is 1. The lowest BCUT2D eigenvalue weighted by atomic mass is 10.1. The topological polar surface area (TPSA) is 96.2 Å². The lowest BCUT2D eigenvalue weighted by molar-refractivity contribution is 0.101. The van der Waals surface area contributed by atoms with Gasteiger partial charge in [-0.05, 0) is 24.6 Å². The number of nitrogens with one attached hydrogen (secondary N) is 1. The minimum Gasteiger partial charge on any atom is -0.504 e. The molecule has 0 radical (unpaired) electrons. The third-order valence-electron chi connectivity index (χ3n) is 2.62. The summed E-state index contributed by atoms with van der Waals surface area (Å²) in [5.41, 5.74) is 3.90. The van der Waals surface area contributed by atoms with E-state index in [1.807, 2.05) is 6.92 Å². The Bertz CT molecular complexity index is 367. The van der Waals surface area contributed by atoms with E-state index >= 15 is 0 Å². The largest absolute Gasteiger partial charge is 0.504 e. The molecule has 5 N–H and O–H groups in total. The van der Waals surface area contributed by atoms with Crippen molar-refractivity contribution in [3.8, 4) is 11.5 Å². The van der Waals surface area contributed by atoms with Crippen molar-refractivity contribution in [3.05, 3.63) is 23.8 Å². The molecule has 0 saturated carbocycles. The predicted molar refractivity (Wildman–Crippen MR) is 67.1 cm³/mol. The average Bonchev–Trinajstić information content (AvgIpc) is 2.33. The highest BCUT2D eigenvalue weighted by molar-refractivity contribution is 5.41. The fraction of sp³-hybridized carbons (Fsp3) is 0.500. The molecule has 0 aliphatic rings. The van der Waals surface area contributed by atoms with Crippen molar-refractivity contribution >= 4 is 0 Å². The number of aliphatic hydroxyl groups is 2. The van der Waals surface area contributed by atoms with Crippen LogP contribution in [0.25, 0.3) is 0 Å². The first-order chi connectivity index (χ1) is 8.58. The number of hydrogen-bond acceptors (Lipinski definition) is 6. The minimum atomic E-state index is -0.169. The zero-order chi connectivity index (χ0) is 13.5. The second-order valence-corrected chi connectivity index (χ2v) is 4.03. The van der Waals surface area contributed by atoms with Gasteiger partial charge in [-0.3, -0.25) is 0 Å². The van der Waals surface area contributed by atoms with Gasteiger partial charge in [0.2, 0.25) is 0 Å². The van der Waals surface area contributed by atoms with E-state index in [-0.39, 0.29) is 30.8 Å². The molecule has 0 aliphatic carbocycles. The third-order valence-corrected chi connectivity index (χ3v) is 2.62. The van der Waals surface area contributed by atoms with Gasteiger partial charge in [0.25, 0.3) is 0 Å². The van der Waals surface area contributed by atoms with Gasteiger partial charge in [0.15, 0.2) is 11.5 Å². The number of phenols is 2. The Morgan fingerprint density at radius 2 is 1.72 bits per heavy atom. The Morgan fingerprint density at radius 1 is 1.11 bits per heavy atom. The van der Waals surface area contributed by atoms with E-state index in [2.05, 4.69) is 5.43 Å². The fourth-order valence-electron chi connectivity index (χ4n) is 1.64. The molecule has 0 fully saturated rings. The maximum atomic E-state index is 9.42. The van der Waals surface area contributed by atoms with Crippen molar-refractivity contribution in [3.63, 3.8) is 0 Å². The lowest BCUT2D eigenvalue weighted by Gasteiger charge is -2.26. The standard InChI is InChI=1S/C12H20N2O4/c1-9(13-14(4-6-15)5-7-16)10-2-3-11(17)12(18)8-10/h2-3,8-9,13,15-18H,4-7H2,1H3. The summed E-state index contributed by atoms with van der Waals surface area (Å²) in [5.74, 6) is -0.328. The molecular weight excluding hydrogens is 236 g/mol. The molecule has 0 heterocycles. The average molecular weight is 256 g/mol. The summed E-state index contributed by atoms with van der Waals surface area (Å²) in [6.45, 7) is 2.65. The Balaban J connectivity index is 2.67. The van der Waals surface area contributed by atoms with Crippen LogP contribution in [0, 0.1) is 0 Å². The lowest BCUT2D eigenvalue weighted by Crippen LogP contribution is -2.43. The van der Waals surface area contributed by atoms with Gasteiger partial charge in [-0.2, -0.15) is 0 Å². The van der Waals surface area contributed by atoms with Crippen molar-refractivity contribution in [2.75, 3.05) is 26.3 Å². The second kappa shape index (κ2) is 7.17. The normalized spacial score (nSPS) is 12.9. The van der Waals surface area contributed by atoms with Crippen molar-refractivity contribution < 1.29 is 20.4 Å². The molecule has 0 amide bonds. The molecular formula is C12H20N2O4. The predicted octanol–water partition coefficient (Wildman–Crippen LogP) is -0.0500. The first-order valence-electron chi connectivity index (χ1n) is 5.83. The van der Waals surface area contributed by atoms with Crippen LogP contribution in [0.2, 0.25) is 0 Å². The summed E-state index contributed by atoms with van der Waals surface area (Å²) in [6.07, 6.45) is 0. The second-order valence-electron chi connectivity index (χ2n) is 4.03. The van der Waals surface area contributed by atoms with Gasteiger partial charge >= 0.3 is 0 Å². The van der Waals surface area contributed by atoms with E-state index in [1.165, 1.54) is 12.1 Å². The highest BCUT2D eigenvalue weighted by Gasteiger charge is 2.11. The first kappa shape index (κ1) is 14.7. The summed E-state index contributed by atoms with van der Waals surface area (Å²) >= 11 is 0. The van der Waals surface area contributed by atoms with Crippen LogP contribution in [-0.4, -0.2) is 51.7 Å². The van der Waals surface area contributed by atoms with Crippen LogP contribution >= 0.6 is 0 Å². The summed E-state index contributed by atoms with van der Waals surface area (Å²) in [7, 11) is 0. The highest BCUT2D eigenvalue weighted by Crippen LogP contribution is 2.27. The van der Waals surface area contributed by atoms with Crippen LogP contribution in [0.3, 0.4) is 0 Å². The van der Waals surface area contributed by atoms with E-state index in [4.69, 9.17) is 10.2 Å². The number of hydrazine groups is 1. The first-order valence-corrected chi connectivity index (χ1v) is 5.83. The van der Waals surface area contributed by atoms with Crippen LogP contribution in [0.5, 0.6) is 11.5 Å². The number of aliphatic hydroxyl groups excluding tert-OH is 2. The molecule has 0 aliphatic heterocycles. The van der Waals surface area contributed by atoms with Crippen molar-refractivity contribution in [2.45, 2.75) is 13.0 Å². The monoisotopic (exact) mass is 256 g/mol. The van der Waals surface area contributed by atoms with E-state index in [1.54, 1.807) is 11.1 Å². The Morgan fingerprint density at radius 3 is 2.22 bits per heavy atom. The van der Waals surface area contributed by atoms with Gasteiger partial charge in [0, 0.05) is 19.1 Å². The molecule has 0 aromatic heterocycles. The van der Waals surface area contributed by atoms with Crippen LogP contribution in [0.1, 0.15) is 18.5 Å². The SMILES string of the molecule is CC(NN(CCO)CCO)c1ccc(O)c(O)c1. The summed E-state index contributed by atoms with van der Waals surface area (Å²) < 4.78 is 0. The Kier molecular flexibility index (Phi) is 5.87. The zero-order valence-electron chi connectivity index (χ0n) is 10.4. The summed E-state index contributed by atoms with van der Waals surface area (Å²) in [6, 6.07) is 4.48. The van der Waals surface area contributed by atoms with Gasteiger partial charge in [0.1, 0.15) is 0 Å². The number of rotatable bonds is 7. The van der Waals surface area contributed by atoms with Crippen molar-refractivity contribution in [1.29, 1.82) is 0 Å². The molecule has 1 unspecified atom stereocenters. The van der Waals surface area contributed by atoms with Gasteiger partial charge in [-0.1, -0.05) is 6.07 Å². The summed E-state index contributed by atoms with van der Waals surface area (Å²) in [4.78, 5) is 0. The van der Waals surface area contributed by atoms with Crippen molar-refractivity contribution in [1.82, 2.24) is 10.4 Å². The number of aromatic hydroxyl groups is 2. The summed E-state index contributed by atoms with van der Waals surface area (Å²) in [5, 5.41) is 38.1. The molecule has 1 aromatic carbocycles. The van der Waals surface area contributed by atoms with Crippen LogP contribution in [0.4, 0.5) is 0 Å². The van der Waals surface area contributed by atoms with E-state index < -0.39 is 0 Å². The molecule has 0 bridgehead atoms. The van der Waals surface area contributed by atoms with E-state index in [9.17, 15) is 10.2 Å². The molecule has 102 valence electrons. The zero-order valence-corrected chi connectivity index (χ0v) is 10.4. The molecule has 0 spiro atoms. The van der Waals surface area contributed by atoms with E-state index in [0.29, 0.717) is 13.1 Å². The molecule has 1 atom stereocenters.